The SMILES string of the molecule is CN(C)c1nc2c(c(CF)nn2C(c2ccc(CC(F)(F)F)cc2)C2CC2)c(=O)[nH]1. The highest BCUT2D eigenvalue weighted by molar-refractivity contribution is 5.78. The van der Waals surface area contributed by atoms with Gasteiger partial charge in [0.2, 0.25) is 5.95 Å². The lowest BCUT2D eigenvalue weighted by molar-refractivity contribution is -0.127. The lowest BCUT2D eigenvalue weighted by Gasteiger charge is -2.19. The Labute approximate surface area is 169 Å². The minimum absolute atomic E-state index is 0.00315. The summed E-state index contributed by atoms with van der Waals surface area (Å²) in [5, 5.41) is 4.45. The van der Waals surface area contributed by atoms with Crippen molar-refractivity contribution in [2.75, 3.05) is 19.0 Å². The number of fused-ring (bicyclic) bond motifs is 1. The zero-order valence-corrected chi connectivity index (χ0v) is 16.5. The number of hydrogen-bond acceptors (Lipinski definition) is 4. The van der Waals surface area contributed by atoms with E-state index in [1.165, 1.54) is 12.1 Å². The lowest BCUT2D eigenvalue weighted by Crippen LogP contribution is -2.21. The van der Waals surface area contributed by atoms with Crippen LogP contribution < -0.4 is 10.5 Å². The quantitative estimate of drug-likeness (QED) is 0.613. The molecule has 1 fully saturated rings. The molecule has 1 unspecified atom stereocenters. The van der Waals surface area contributed by atoms with E-state index in [0.29, 0.717) is 5.95 Å². The third-order valence-electron chi connectivity index (χ3n) is 5.23. The molecule has 1 saturated carbocycles. The maximum absolute atomic E-state index is 13.6. The summed E-state index contributed by atoms with van der Waals surface area (Å²) in [6, 6.07) is 5.85. The van der Waals surface area contributed by atoms with Crippen molar-refractivity contribution in [3.63, 3.8) is 0 Å². The first-order valence-corrected chi connectivity index (χ1v) is 9.58. The van der Waals surface area contributed by atoms with Crippen LogP contribution in [0.2, 0.25) is 0 Å². The van der Waals surface area contributed by atoms with Crippen molar-refractivity contribution in [3.8, 4) is 0 Å². The van der Waals surface area contributed by atoms with Crippen molar-refractivity contribution < 1.29 is 17.6 Å². The fourth-order valence-electron chi connectivity index (χ4n) is 3.69. The molecule has 1 aliphatic carbocycles. The van der Waals surface area contributed by atoms with E-state index in [2.05, 4.69) is 15.1 Å². The normalized spacial score (nSPS) is 15.5. The van der Waals surface area contributed by atoms with E-state index in [1.807, 2.05) is 0 Å². The van der Waals surface area contributed by atoms with Gasteiger partial charge in [0.1, 0.15) is 17.8 Å². The summed E-state index contributed by atoms with van der Waals surface area (Å²) in [7, 11) is 3.44. The van der Waals surface area contributed by atoms with E-state index in [9.17, 15) is 22.4 Å². The second-order valence-corrected chi connectivity index (χ2v) is 7.82. The standard InChI is InChI=1S/C20H21F4N5O/c1-28(2)19-25-17-15(18(30)26-19)14(10-21)27-29(17)16(13-7-8-13)12-5-3-11(4-6-12)9-20(22,23)24/h3-6,13,16H,7-10H2,1-2H3,(H,25,26,30). The van der Waals surface area contributed by atoms with Crippen molar-refractivity contribution in [1.29, 1.82) is 0 Å². The summed E-state index contributed by atoms with van der Waals surface area (Å²) in [5.74, 6) is 0.507. The van der Waals surface area contributed by atoms with Crippen LogP contribution in [0.1, 0.15) is 35.7 Å². The predicted molar refractivity (Wildman–Crippen MR) is 104 cm³/mol. The Kier molecular flexibility index (Phi) is 5.03. The Bertz CT molecular complexity index is 1110. The molecule has 0 spiro atoms. The number of nitrogens with one attached hydrogen (secondary N) is 1. The highest BCUT2D eigenvalue weighted by Crippen LogP contribution is 2.44. The monoisotopic (exact) mass is 423 g/mol. The molecule has 0 amide bonds. The second kappa shape index (κ2) is 7.41. The molecule has 0 saturated heterocycles. The number of rotatable bonds is 6. The third-order valence-corrected chi connectivity index (χ3v) is 5.23. The van der Waals surface area contributed by atoms with Gasteiger partial charge >= 0.3 is 6.18 Å². The summed E-state index contributed by atoms with van der Waals surface area (Å²) in [5.41, 5.74) is 0.721. The molecule has 0 bridgehead atoms. The van der Waals surface area contributed by atoms with Gasteiger partial charge in [0.15, 0.2) is 5.65 Å². The van der Waals surface area contributed by atoms with Gasteiger partial charge in [0.05, 0.1) is 12.5 Å². The summed E-state index contributed by atoms with van der Waals surface area (Å²) in [6.07, 6.45) is -3.46. The highest BCUT2D eigenvalue weighted by Gasteiger charge is 2.36. The first-order chi connectivity index (χ1) is 14.2. The Balaban J connectivity index is 1.83. The van der Waals surface area contributed by atoms with Crippen molar-refractivity contribution in [1.82, 2.24) is 19.7 Å². The van der Waals surface area contributed by atoms with E-state index in [-0.39, 0.29) is 34.3 Å². The minimum Gasteiger partial charge on any atom is -0.348 e. The van der Waals surface area contributed by atoms with Gasteiger partial charge in [-0.05, 0) is 29.9 Å². The van der Waals surface area contributed by atoms with Crippen molar-refractivity contribution in [3.05, 3.63) is 51.4 Å². The number of benzene rings is 1. The number of aromatic amines is 1. The van der Waals surface area contributed by atoms with Gasteiger partial charge in [-0.3, -0.25) is 9.78 Å². The molecule has 10 heteroatoms. The number of anilines is 1. The van der Waals surface area contributed by atoms with E-state index in [0.717, 1.165) is 18.4 Å². The van der Waals surface area contributed by atoms with Crippen LogP contribution in [-0.2, 0) is 13.1 Å². The molecule has 2 aromatic heterocycles. The lowest BCUT2D eigenvalue weighted by atomic mass is 10.00. The van der Waals surface area contributed by atoms with Crippen LogP contribution in [-0.4, -0.2) is 40.0 Å². The summed E-state index contributed by atoms with van der Waals surface area (Å²) >= 11 is 0. The molecule has 1 atom stereocenters. The number of H-pyrrole nitrogens is 1. The molecule has 0 aliphatic heterocycles. The van der Waals surface area contributed by atoms with Crippen molar-refractivity contribution >= 4 is 17.0 Å². The first kappa shape index (κ1) is 20.4. The smallest absolute Gasteiger partial charge is 0.348 e. The summed E-state index contributed by atoms with van der Waals surface area (Å²) in [4.78, 5) is 21.3. The summed E-state index contributed by atoms with van der Waals surface area (Å²) < 4.78 is 53.2. The molecule has 1 N–H and O–H groups in total. The third kappa shape index (κ3) is 3.90. The van der Waals surface area contributed by atoms with Gasteiger partial charge in [-0.1, -0.05) is 24.3 Å². The molecule has 0 radical (unpaired) electrons. The van der Waals surface area contributed by atoms with E-state index >= 15 is 0 Å². The molecule has 4 rings (SSSR count). The molecule has 3 aromatic rings. The molecule has 30 heavy (non-hydrogen) atoms. The maximum Gasteiger partial charge on any atom is 0.393 e. The van der Waals surface area contributed by atoms with Gasteiger partial charge in [-0.25, -0.2) is 9.07 Å². The molecule has 1 aliphatic rings. The fraction of sp³-hybridized carbons (Fsp3) is 0.450. The Hall–Kier alpha value is -2.91. The van der Waals surface area contributed by atoms with Crippen LogP contribution in [0.15, 0.2) is 29.1 Å². The minimum atomic E-state index is -4.28. The highest BCUT2D eigenvalue weighted by atomic mass is 19.4. The van der Waals surface area contributed by atoms with Gasteiger partial charge in [0.25, 0.3) is 5.56 Å². The molecule has 2 heterocycles. The van der Waals surface area contributed by atoms with Crippen LogP contribution in [0, 0.1) is 5.92 Å². The maximum atomic E-state index is 13.6. The fourth-order valence-corrected chi connectivity index (χ4v) is 3.69. The van der Waals surface area contributed by atoms with Crippen molar-refractivity contribution in [2.24, 2.45) is 5.92 Å². The van der Waals surface area contributed by atoms with Crippen molar-refractivity contribution in [2.45, 2.75) is 38.2 Å². The zero-order valence-electron chi connectivity index (χ0n) is 16.5. The van der Waals surface area contributed by atoms with Crippen LogP contribution in [0.5, 0.6) is 0 Å². The second-order valence-electron chi connectivity index (χ2n) is 7.82. The van der Waals surface area contributed by atoms with Gasteiger partial charge in [-0.2, -0.15) is 23.3 Å². The molecule has 160 valence electrons. The van der Waals surface area contributed by atoms with Crippen LogP contribution in [0.25, 0.3) is 11.0 Å². The first-order valence-electron chi connectivity index (χ1n) is 9.58. The Morgan fingerprint density at radius 1 is 1.23 bits per heavy atom. The predicted octanol–water partition coefficient (Wildman–Crippen LogP) is 3.76. The number of hydrogen-bond donors (Lipinski definition) is 1. The summed E-state index contributed by atoms with van der Waals surface area (Å²) in [6.45, 7) is -0.919. The average molecular weight is 423 g/mol. The Morgan fingerprint density at radius 3 is 2.43 bits per heavy atom. The van der Waals surface area contributed by atoms with E-state index < -0.39 is 24.8 Å². The zero-order chi connectivity index (χ0) is 21.6. The van der Waals surface area contributed by atoms with Gasteiger partial charge < -0.3 is 4.90 Å². The number of aromatic nitrogens is 4. The largest absolute Gasteiger partial charge is 0.393 e. The van der Waals surface area contributed by atoms with E-state index in [1.54, 1.807) is 35.8 Å². The molecular weight excluding hydrogens is 402 g/mol. The van der Waals surface area contributed by atoms with Crippen LogP contribution in [0.4, 0.5) is 23.5 Å². The van der Waals surface area contributed by atoms with E-state index in [4.69, 9.17) is 0 Å². The van der Waals surface area contributed by atoms with Crippen LogP contribution >= 0.6 is 0 Å². The number of nitrogens with zero attached hydrogens (tertiary/aromatic N) is 4. The average Bonchev–Trinajstić information content (AvgIpc) is 3.43. The van der Waals surface area contributed by atoms with Crippen LogP contribution in [0.3, 0.4) is 0 Å². The molecule has 6 nitrogen and oxygen atoms in total. The topological polar surface area (TPSA) is 66.8 Å². The molecular formula is C20H21F4N5O. The number of alkyl halides is 4. The van der Waals surface area contributed by atoms with Gasteiger partial charge in [-0.15, -0.1) is 0 Å². The van der Waals surface area contributed by atoms with Gasteiger partial charge in [0, 0.05) is 14.1 Å². The Morgan fingerprint density at radius 2 is 1.90 bits per heavy atom. The number of halogens is 4. The molecule has 1 aromatic carbocycles.